The molecule has 1 aromatic rings. The highest BCUT2D eigenvalue weighted by Gasteiger charge is 2.55. The van der Waals surface area contributed by atoms with Crippen LogP contribution in [0.3, 0.4) is 0 Å². The SMILES string of the molecule is CCCCCCCCCCO[C@@H]1[C@H](C=O)[C@@H]([C@@H](O[C@H]2OC(C(=O)N[C@H]3CCC[C@@H](C)NC3=O)=C[C@@H]3OC(C)(C)O[C@H]23)C(N)=O)O[C@H]1n1ccc(=O)[nH]c1=O. The molecule has 17 nitrogen and oxygen atoms in total. The van der Waals surface area contributed by atoms with E-state index in [0.29, 0.717) is 25.5 Å². The van der Waals surface area contributed by atoms with Gasteiger partial charge in [-0.25, -0.2) is 4.79 Å². The van der Waals surface area contributed by atoms with E-state index in [0.717, 1.165) is 42.7 Å². The van der Waals surface area contributed by atoms with Crippen LogP contribution in [0.5, 0.6) is 0 Å². The summed E-state index contributed by atoms with van der Waals surface area (Å²) in [6.07, 6.45) is 4.72. The summed E-state index contributed by atoms with van der Waals surface area (Å²) < 4.78 is 37.8. The molecule has 5 rings (SSSR count). The van der Waals surface area contributed by atoms with Crippen LogP contribution in [0.25, 0.3) is 0 Å². The van der Waals surface area contributed by atoms with Crippen LogP contribution in [0.15, 0.2) is 33.7 Å². The van der Waals surface area contributed by atoms with Crippen molar-refractivity contribution < 1.29 is 47.6 Å². The Bertz CT molecular complexity index is 1630. The molecule has 10 atom stereocenters. The molecule has 0 spiro atoms. The van der Waals surface area contributed by atoms with Crippen molar-refractivity contribution in [3.8, 4) is 0 Å². The van der Waals surface area contributed by atoms with E-state index < -0.39 is 83.8 Å². The molecule has 0 aliphatic carbocycles. The Morgan fingerprint density at radius 2 is 1.81 bits per heavy atom. The fourth-order valence-corrected chi connectivity index (χ4v) is 7.40. The molecule has 0 unspecified atom stereocenters. The van der Waals surface area contributed by atoms with Crippen molar-refractivity contribution in [2.24, 2.45) is 11.7 Å². The summed E-state index contributed by atoms with van der Waals surface area (Å²) in [5.41, 5.74) is 4.44. The monoisotopic (exact) mass is 761 g/mol. The van der Waals surface area contributed by atoms with E-state index in [1.165, 1.54) is 31.5 Å². The van der Waals surface area contributed by atoms with Gasteiger partial charge in [-0.2, -0.15) is 0 Å². The zero-order valence-corrected chi connectivity index (χ0v) is 31.5. The topological polar surface area (TPSA) is 229 Å². The molecule has 4 aliphatic rings. The van der Waals surface area contributed by atoms with Gasteiger partial charge >= 0.3 is 5.69 Å². The van der Waals surface area contributed by atoms with Crippen LogP contribution in [-0.4, -0.2) is 94.8 Å². The van der Waals surface area contributed by atoms with Crippen LogP contribution in [0.1, 0.15) is 105 Å². The van der Waals surface area contributed by atoms with Crippen molar-refractivity contribution in [1.82, 2.24) is 20.2 Å². The Morgan fingerprint density at radius 1 is 1.09 bits per heavy atom. The molecular weight excluding hydrogens is 706 g/mol. The van der Waals surface area contributed by atoms with Crippen LogP contribution < -0.4 is 27.6 Å². The van der Waals surface area contributed by atoms with Gasteiger partial charge in [0.05, 0.1) is 5.92 Å². The molecule has 300 valence electrons. The number of carbonyl (C=O) groups is 4. The number of unbranched alkanes of at least 4 members (excludes halogenated alkanes) is 7. The van der Waals surface area contributed by atoms with E-state index >= 15 is 0 Å². The predicted octanol–water partition coefficient (Wildman–Crippen LogP) is 1.58. The van der Waals surface area contributed by atoms with Crippen LogP contribution in [0.2, 0.25) is 0 Å². The Hall–Kier alpha value is -3.90. The maximum Gasteiger partial charge on any atom is 0.330 e. The van der Waals surface area contributed by atoms with Crippen LogP contribution in [-0.2, 0) is 47.6 Å². The van der Waals surface area contributed by atoms with E-state index in [4.69, 9.17) is 34.2 Å². The maximum absolute atomic E-state index is 13.5. The van der Waals surface area contributed by atoms with Crippen molar-refractivity contribution in [3.63, 3.8) is 0 Å². The molecule has 3 saturated heterocycles. The van der Waals surface area contributed by atoms with Gasteiger partial charge in [0.15, 0.2) is 30.0 Å². The number of ether oxygens (including phenoxy) is 6. The highest BCUT2D eigenvalue weighted by molar-refractivity contribution is 5.95. The number of aromatic nitrogens is 2. The van der Waals surface area contributed by atoms with Crippen LogP contribution >= 0.6 is 0 Å². The molecule has 0 saturated carbocycles. The first-order valence-corrected chi connectivity index (χ1v) is 19.2. The van der Waals surface area contributed by atoms with Crippen molar-refractivity contribution in [2.75, 3.05) is 6.61 Å². The molecular formula is C37H55N5O12. The lowest BCUT2D eigenvalue weighted by atomic mass is 9.95. The van der Waals surface area contributed by atoms with Crippen LogP contribution in [0, 0.1) is 5.92 Å². The number of hydrogen-bond donors (Lipinski definition) is 4. The normalized spacial score (nSPS) is 31.0. The molecule has 5 N–H and O–H groups in total. The molecule has 3 fully saturated rings. The molecule has 3 amide bonds. The van der Waals surface area contributed by atoms with Gasteiger partial charge in [0.25, 0.3) is 11.5 Å². The molecule has 54 heavy (non-hydrogen) atoms. The van der Waals surface area contributed by atoms with Gasteiger partial charge in [-0.05, 0) is 52.5 Å². The predicted molar refractivity (Wildman–Crippen MR) is 191 cm³/mol. The third-order valence-electron chi connectivity index (χ3n) is 10.1. The summed E-state index contributed by atoms with van der Waals surface area (Å²) in [7, 11) is 0. The highest BCUT2D eigenvalue weighted by Crippen LogP contribution is 2.40. The summed E-state index contributed by atoms with van der Waals surface area (Å²) in [6, 6.07) is 0.278. The third-order valence-corrected chi connectivity index (χ3v) is 10.1. The van der Waals surface area contributed by atoms with Gasteiger partial charge in [0.1, 0.15) is 30.6 Å². The summed E-state index contributed by atoms with van der Waals surface area (Å²) >= 11 is 0. The second kappa shape index (κ2) is 18.6. The third kappa shape index (κ3) is 10.2. The maximum atomic E-state index is 13.5. The number of nitrogens with two attached hydrogens (primary N) is 1. The van der Waals surface area contributed by atoms with E-state index in [-0.39, 0.29) is 24.3 Å². The highest BCUT2D eigenvalue weighted by atomic mass is 16.8. The van der Waals surface area contributed by atoms with Gasteiger partial charge in [-0.3, -0.25) is 28.7 Å². The number of aldehydes is 1. The number of primary amides is 1. The zero-order chi connectivity index (χ0) is 39.0. The largest absolute Gasteiger partial charge is 0.456 e. The number of hydrogen-bond acceptors (Lipinski definition) is 12. The fourth-order valence-electron chi connectivity index (χ4n) is 7.40. The van der Waals surface area contributed by atoms with Crippen LogP contribution in [0.4, 0.5) is 0 Å². The van der Waals surface area contributed by atoms with Crippen molar-refractivity contribution in [1.29, 1.82) is 0 Å². The number of fused-ring (bicyclic) bond motifs is 1. The lowest BCUT2D eigenvalue weighted by molar-refractivity contribution is -0.238. The number of carbonyl (C=O) groups excluding carboxylic acids is 4. The van der Waals surface area contributed by atoms with Gasteiger partial charge in [0, 0.05) is 24.9 Å². The smallest absolute Gasteiger partial charge is 0.330 e. The number of nitrogens with zero attached hydrogens (tertiary/aromatic N) is 1. The molecule has 0 bridgehead atoms. The minimum absolute atomic E-state index is 0.0365. The van der Waals surface area contributed by atoms with Crippen molar-refractivity contribution >= 4 is 24.0 Å². The lowest BCUT2D eigenvalue weighted by Crippen LogP contribution is -2.53. The molecule has 5 heterocycles. The number of amides is 3. The van der Waals surface area contributed by atoms with Gasteiger partial charge in [0.2, 0.25) is 18.1 Å². The summed E-state index contributed by atoms with van der Waals surface area (Å²) in [5.74, 6) is -4.63. The number of H-pyrrole nitrogens is 1. The van der Waals surface area contributed by atoms with E-state index in [2.05, 4.69) is 22.5 Å². The van der Waals surface area contributed by atoms with E-state index in [9.17, 15) is 28.8 Å². The Balaban J connectivity index is 1.35. The minimum atomic E-state index is -1.69. The second-order valence-electron chi connectivity index (χ2n) is 14.9. The van der Waals surface area contributed by atoms with Gasteiger partial charge in [-0.15, -0.1) is 0 Å². The van der Waals surface area contributed by atoms with Gasteiger partial charge in [-0.1, -0.05) is 51.9 Å². The average Bonchev–Trinajstić information content (AvgIpc) is 3.58. The summed E-state index contributed by atoms with van der Waals surface area (Å²) in [5, 5.41) is 5.58. The Kier molecular flexibility index (Phi) is 14.2. The minimum Gasteiger partial charge on any atom is -0.456 e. The lowest BCUT2D eigenvalue weighted by Gasteiger charge is -2.34. The molecule has 0 radical (unpaired) electrons. The molecule has 4 aliphatic heterocycles. The molecule has 0 aromatic carbocycles. The molecule has 1 aromatic heterocycles. The first-order valence-electron chi connectivity index (χ1n) is 19.2. The summed E-state index contributed by atoms with van der Waals surface area (Å²) in [6.45, 7) is 7.60. The van der Waals surface area contributed by atoms with Crippen molar-refractivity contribution in [3.05, 3.63) is 44.9 Å². The number of aromatic amines is 1. The quantitative estimate of drug-likeness (QED) is 0.124. The molecule has 17 heteroatoms. The fraction of sp³-hybridized carbons (Fsp3) is 0.730. The zero-order valence-electron chi connectivity index (χ0n) is 31.5. The second-order valence-corrected chi connectivity index (χ2v) is 14.9. The van der Waals surface area contributed by atoms with E-state index in [1.54, 1.807) is 13.8 Å². The Labute approximate surface area is 314 Å². The van der Waals surface area contributed by atoms with E-state index in [1.807, 2.05) is 6.92 Å². The van der Waals surface area contributed by atoms with Crippen molar-refractivity contribution in [2.45, 2.75) is 159 Å². The first kappa shape index (κ1) is 41.3. The van der Waals surface area contributed by atoms with Gasteiger partial charge < -0.3 is 49.6 Å². The average molecular weight is 762 g/mol. The Morgan fingerprint density at radius 3 is 2.50 bits per heavy atom. The first-order chi connectivity index (χ1) is 25.8. The standard InChI is InChI=1S/C37H55N5O12/c1-5-6-7-8-9-10-11-12-18-49-28-22(20-43)27(51-34(28)42-17-16-26(44)41-36(42)48)30(31(38)45)52-35-29-24(53-37(3,4)54-29)19-25(50-35)33(47)40-23-15-13-14-21(2)39-32(23)46/h16-17,19-24,27-30,34-35H,5-15,18H2,1-4H3,(H2,38,45)(H,39,46)(H,40,47)(H,41,44,48)/t21-,22-,23+,24+,27+,28-,29+,30-,34-,35-/m1/s1. The number of nitrogens with one attached hydrogen (secondary N) is 3. The number of rotatable bonds is 18. The summed E-state index contributed by atoms with van der Waals surface area (Å²) in [4.78, 5) is 79.3.